The molecule has 8 heteroatoms. The Morgan fingerprint density at radius 2 is 2.10 bits per heavy atom. The van der Waals surface area contributed by atoms with Crippen molar-refractivity contribution < 1.29 is 23.1 Å². The van der Waals surface area contributed by atoms with Gasteiger partial charge in [-0.15, -0.1) is 0 Å². The van der Waals surface area contributed by atoms with Crippen LogP contribution in [-0.4, -0.2) is 44.0 Å². The number of ether oxygens (including phenoxy) is 1. The number of methoxy groups -OCH3 is 1. The van der Waals surface area contributed by atoms with E-state index in [0.29, 0.717) is 4.47 Å². The van der Waals surface area contributed by atoms with Crippen LogP contribution in [0.5, 0.6) is 5.75 Å². The Morgan fingerprint density at radius 3 is 2.62 bits per heavy atom. The second kappa shape index (κ2) is 5.94. The van der Waals surface area contributed by atoms with Crippen LogP contribution in [0.1, 0.15) is 6.92 Å². The summed E-state index contributed by atoms with van der Waals surface area (Å²) in [6.45, 7) is 1.91. The monoisotopic (exact) mass is 377 g/mol. The number of aliphatic carboxylic acids is 1. The van der Waals surface area contributed by atoms with E-state index < -0.39 is 21.9 Å². The molecule has 2 rings (SSSR count). The van der Waals surface area contributed by atoms with Crippen molar-refractivity contribution in [3.8, 4) is 5.75 Å². The van der Waals surface area contributed by atoms with E-state index >= 15 is 0 Å². The number of halogens is 1. The number of rotatable bonds is 4. The molecular weight excluding hydrogens is 362 g/mol. The van der Waals surface area contributed by atoms with Crippen molar-refractivity contribution in [2.75, 3.05) is 20.2 Å². The number of benzene rings is 1. The second-order valence-corrected chi connectivity index (χ2v) is 7.86. The normalized spacial score (nSPS) is 23.2. The molecule has 1 saturated heterocycles. The van der Waals surface area contributed by atoms with Gasteiger partial charge >= 0.3 is 5.97 Å². The molecule has 0 aromatic heterocycles. The predicted octanol–water partition coefficient (Wildman–Crippen LogP) is 1.80. The van der Waals surface area contributed by atoms with Gasteiger partial charge in [-0.05, 0) is 24.1 Å². The third-order valence-corrected chi connectivity index (χ3v) is 5.99. The maximum absolute atomic E-state index is 12.7. The minimum absolute atomic E-state index is 0.0193. The van der Waals surface area contributed by atoms with E-state index in [0.717, 1.165) is 0 Å². The molecule has 0 amide bonds. The van der Waals surface area contributed by atoms with Gasteiger partial charge in [-0.1, -0.05) is 22.9 Å². The van der Waals surface area contributed by atoms with Gasteiger partial charge < -0.3 is 9.84 Å². The average molecular weight is 378 g/mol. The summed E-state index contributed by atoms with van der Waals surface area (Å²) in [6.07, 6.45) is 0. The molecule has 21 heavy (non-hydrogen) atoms. The first-order valence-corrected chi connectivity index (χ1v) is 8.57. The Balaban J connectivity index is 2.40. The molecule has 0 spiro atoms. The molecule has 2 atom stereocenters. The third kappa shape index (κ3) is 3.07. The van der Waals surface area contributed by atoms with E-state index in [1.165, 1.54) is 17.5 Å². The van der Waals surface area contributed by atoms with Crippen LogP contribution in [-0.2, 0) is 14.8 Å². The number of sulfonamides is 1. The van der Waals surface area contributed by atoms with Crippen LogP contribution in [0.4, 0.5) is 0 Å². The number of carboxylic acid groups (broad SMARTS) is 1. The summed E-state index contributed by atoms with van der Waals surface area (Å²) in [7, 11) is -2.39. The van der Waals surface area contributed by atoms with E-state index in [1.807, 2.05) is 0 Å². The molecule has 1 N–H and O–H groups in total. The highest BCUT2D eigenvalue weighted by Gasteiger charge is 2.41. The molecule has 1 aliphatic heterocycles. The van der Waals surface area contributed by atoms with Gasteiger partial charge in [0, 0.05) is 17.6 Å². The number of carbonyl (C=O) groups is 1. The summed E-state index contributed by atoms with van der Waals surface area (Å²) in [6, 6.07) is 4.71. The van der Waals surface area contributed by atoms with Crippen LogP contribution >= 0.6 is 15.9 Å². The number of hydrogen-bond acceptors (Lipinski definition) is 4. The smallest absolute Gasteiger partial charge is 0.308 e. The Bertz CT molecular complexity index is 661. The molecule has 0 aliphatic carbocycles. The summed E-state index contributed by atoms with van der Waals surface area (Å²) in [5.74, 6) is -1.64. The molecule has 1 aromatic rings. The minimum Gasteiger partial charge on any atom is -0.495 e. The lowest BCUT2D eigenvalue weighted by atomic mass is 9.99. The average Bonchev–Trinajstić information content (AvgIpc) is 2.81. The van der Waals surface area contributed by atoms with Crippen LogP contribution in [0.25, 0.3) is 0 Å². The number of nitrogens with zero attached hydrogens (tertiary/aromatic N) is 1. The van der Waals surface area contributed by atoms with Crippen LogP contribution in [0.3, 0.4) is 0 Å². The zero-order valence-electron chi connectivity index (χ0n) is 11.6. The highest BCUT2D eigenvalue weighted by atomic mass is 79.9. The fraction of sp³-hybridized carbons (Fsp3) is 0.462. The van der Waals surface area contributed by atoms with E-state index in [1.54, 1.807) is 19.1 Å². The third-order valence-electron chi connectivity index (χ3n) is 3.64. The highest BCUT2D eigenvalue weighted by Crippen LogP contribution is 2.34. The van der Waals surface area contributed by atoms with Gasteiger partial charge in [0.05, 0.1) is 13.0 Å². The molecule has 1 fully saturated rings. The molecule has 2 unspecified atom stereocenters. The Hall–Kier alpha value is -1.12. The Labute approximate surface area is 131 Å². The maximum Gasteiger partial charge on any atom is 0.308 e. The highest BCUT2D eigenvalue weighted by molar-refractivity contribution is 9.10. The van der Waals surface area contributed by atoms with E-state index in [2.05, 4.69) is 15.9 Å². The minimum atomic E-state index is -3.79. The molecule has 1 aliphatic rings. The molecule has 0 radical (unpaired) electrons. The van der Waals surface area contributed by atoms with Crippen LogP contribution in [0.15, 0.2) is 27.6 Å². The summed E-state index contributed by atoms with van der Waals surface area (Å²) in [5, 5.41) is 9.13. The summed E-state index contributed by atoms with van der Waals surface area (Å²) >= 11 is 3.24. The van der Waals surface area contributed by atoms with Gasteiger partial charge in [-0.25, -0.2) is 8.42 Å². The maximum atomic E-state index is 12.7. The molecule has 0 saturated carbocycles. The molecule has 6 nitrogen and oxygen atoms in total. The molecular formula is C13H16BrNO5S. The van der Waals surface area contributed by atoms with Gasteiger partial charge in [0.15, 0.2) is 0 Å². The van der Waals surface area contributed by atoms with E-state index in [9.17, 15) is 13.2 Å². The van der Waals surface area contributed by atoms with Gasteiger partial charge in [0.1, 0.15) is 10.6 Å². The number of carboxylic acids is 1. The molecule has 1 aromatic carbocycles. The van der Waals surface area contributed by atoms with Gasteiger partial charge in [-0.3, -0.25) is 4.79 Å². The van der Waals surface area contributed by atoms with Crippen molar-refractivity contribution in [3.63, 3.8) is 0 Å². The fourth-order valence-electron chi connectivity index (χ4n) is 2.43. The summed E-state index contributed by atoms with van der Waals surface area (Å²) < 4.78 is 32.4. The Morgan fingerprint density at radius 1 is 1.43 bits per heavy atom. The quantitative estimate of drug-likeness (QED) is 0.864. The van der Waals surface area contributed by atoms with Gasteiger partial charge in [0.25, 0.3) is 0 Å². The summed E-state index contributed by atoms with van der Waals surface area (Å²) in [4.78, 5) is 11.2. The van der Waals surface area contributed by atoms with Crippen LogP contribution in [0, 0.1) is 11.8 Å². The van der Waals surface area contributed by atoms with Crippen molar-refractivity contribution >= 4 is 31.9 Å². The molecule has 0 bridgehead atoms. The van der Waals surface area contributed by atoms with E-state index in [4.69, 9.17) is 9.84 Å². The van der Waals surface area contributed by atoms with Crippen LogP contribution < -0.4 is 4.74 Å². The molecule has 1 heterocycles. The van der Waals surface area contributed by atoms with Gasteiger partial charge in [0.2, 0.25) is 10.0 Å². The predicted molar refractivity (Wildman–Crippen MR) is 79.7 cm³/mol. The topological polar surface area (TPSA) is 83.9 Å². The van der Waals surface area contributed by atoms with E-state index in [-0.39, 0.29) is 29.7 Å². The first-order valence-electron chi connectivity index (χ1n) is 6.34. The van der Waals surface area contributed by atoms with Gasteiger partial charge in [-0.2, -0.15) is 4.31 Å². The summed E-state index contributed by atoms with van der Waals surface area (Å²) in [5.41, 5.74) is 0. The van der Waals surface area contributed by atoms with Crippen molar-refractivity contribution in [2.45, 2.75) is 11.8 Å². The zero-order valence-corrected chi connectivity index (χ0v) is 14.0. The number of hydrogen-bond donors (Lipinski definition) is 1. The fourth-order valence-corrected chi connectivity index (χ4v) is 4.69. The first kappa shape index (κ1) is 16.3. The SMILES string of the molecule is COc1ccc(Br)cc1S(=O)(=O)N1CC(C)C(C(=O)O)C1. The van der Waals surface area contributed by atoms with Crippen molar-refractivity contribution in [3.05, 3.63) is 22.7 Å². The second-order valence-electron chi connectivity index (χ2n) is 5.04. The van der Waals surface area contributed by atoms with Crippen molar-refractivity contribution in [1.29, 1.82) is 0 Å². The Kier molecular flexibility index (Phi) is 4.60. The lowest BCUT2D eigenvalue weighted by Crippen LogP contribution is -2.30. The molecule has 116 valence electrons. The van der Waals surface area contributed by atoms with Crippen LogP contribution in [0.2, 0.25) is 0 Å². The lowest BCUT2D eigenvalue weighted by Gasteiger charge is -2.18. The van der Waals surface area contributed by atoms with Crippen molar-refractivity contribution in [2.24, 2.45) is 11.8 Å². The lowest BCUT2D eigenvalue weighted by molar-refractivity contribution is -0.142. The standard InChI is InChI=1S/C13H16BrNO5S/c1-8-6-15(7-10(8)13(16)17)21(18,19)12-5-9(14)3-4-11(12)20-2/h3-5,8,10H,6-7H2,1-2H3,(H,16,17). The zero-order chi connectivity index (χ0) is 15.8. The largest absolute Gasteiger partial charge is 0.495 e. The first-order chi connectivity index (χ1) is 9.77. The van der Waals surface area contributed by atoms with Crippen molar-refractivity contribution in [1.82, 2.24) is 4.31 Å².